The Morgan fingerprint density at radius 3 is 1.87 bits per heavy atom. The Hall–Kier alpha value is -3.07. The third-order valence-electron chi connectivity index (χ3n) is 5.45. The molecule has 0 spiro atoms. The first-order chi connectivity index (χ1) is 14.5. The Morgan fingerprint density at radius 2 is 1.35 bits per heavy atom. The second kappa shape index (κ2) is 8.58. The Labute approximate surface area is 185 Å². The van der Waals surface area contributed by atoms with Crippen molar-refractivity contribution in [2.24, 2.45) is 0 Å². The molecule has 0 amide bonds. The summed E-state index contributed by atoms with van der Waals surface area (Å²) < 4.78 is 6.01. The van der Waals surface area contributed by atoms with Crippen molar-refractivity contribution < 1.29 is 14.6 Å². The molecular weight excluding hydrogens is 384 g/mol. The monoisotopic (exact) mass is 416 g/mol. The van der Waals surface area contributed by atoms with Crippen molar-refractivity contribution in [1.82, 2.24) is 0 Å². The van der Waals surface area contributed by atoms with E-state index in [0.717, 1.165) is 16.7 Å². The molecule has 0 aliphatic heterocycles. The van der Waals surface area contributed by atoms with Crippen LogP contribution in [0.2, 0.25) is 0 Å². The number of ether oxygens (including phenoxy) is 1. The van der Waals surface area contributed by atoms with Crippen LogP contribution >= 0.6 is 0 Å². The Balaban J connectivity index is 1.97. The van der Waals surface area contributed by atoms with Crippen molar-refractivity contribution >= 4 is 5.97 Å². The molecule has 1 atom stereocenters. The molecule has 3 aromatic rings. The van der Waals surface area contributed by atoms with Gasteiger partial charge in [0.05, 0.1) is 0 Å². The molecule has 0 unspecified atom stereocenters. The van der Waals surface area contributed by atoms with Crippen LogP contribution in [0.1, 0.15) is 64.3 Å². The van der Waals surface area contributed by atoms with Crippen LogP contribution < -0.4 is 4.74 Å². The largest absolute Gasteiger partial charge is 0.478 e. The summed E-state index contributed by atoms with van der Waals surface area (Å²) in [6.45, 7) is 12.8. The van der Waals surface area contributed by atoms with Gasteiger partial charge in [-0.05, 0) is 45.2 Å². The highest BCUT2D eigenvalue weighted by Crippen LogP contribution is 2.36. The van der Waals surface area contributed by atoms with E-state index in [4.69, 9.17) is 4.74 Å². The molecule has 3 nitrogen and oxygen atoms in total. The normalized spacial score (nSPS) is 13.0. The lowest BCUT2D eigenvalue weighted by atomic mass is 9.77. The second-order valence-corrected chi connectivity index (χ2v) is 10.0. The number of hydrogen-bond acceptors (Lipinski definition) is 2. The Bertz CT molecular complexity index is 1040. The second-order valence-electron chi connectivity index (χ2n) is 10.0. The molecular formula is C28H32O3. The highest BCUT2D eigenvalue weighted by Gasteiger charge is 2.30. The average molecular weight is 417 g/mol. The molecule has 0 aliphatic carbocycles. The molecule has 0 bridgehead atoms. The van der Waals surface area contributed by atoms with E-state index in [1.807, 2.05) is 66.7 Å². The number of benzene rings is 3. The molecule has 0 aliphatic rings. The van der Waals surface area contributed by atoms with Crippen molar-refractivity contribution in [3.63, 3.8) is 0 Å². The standard InChI is InChI=1S/C28H32O3/c1-27(2,3)21-14-17-23(24(18-21)28(4,5)6)25(26(29)30)31-22-15-12-20(13-16-22)19-10-8-7-9-11-19/h7-18,25H,1-6H3,(H,29,30)/t25-/m1/s1. The van der Waals surface area contributed by atoms with E-state index >= 15 is 0 Å². The molecule has 0 radical (unpaired) electrons. The first kappa shape index (κ1) is 22.6. The molecule has 3 rings (SSSR count). The Morgan fingerprint density at radius 1 is 0.774 bits per heavy atom. The van der Waals surface area contributed by atoms with E-state index in [9.17, 15) is 9.90 Å². The fourth-order valence-electron chi connectivity index (χ4n) is 3.64. The summed E-state index contributed by atoms with van der Waals surface area (Å²) in [4.78, 5) is 12.2. The van der Waals surface area contributed by atoms with Gasteiger partial charge in [0, 0.05) is 5.56 Å². The SMILES string of the molecule is CC(C)(C)c1ccc([C@@H](Oc2ccc(-c3ccccc3)cc2)C(=O)O)c(C(C)(C)C)c1. The van der Waals surface area contributed by atoms with Gasteiger partial charge in [-0.25, -0.2) is 4.79 Å². The minimum atomic E-state index is -1.08. The van der Waals surface area contributed by atoms with E-state index in [-0.39, 0.29) is 10.8 Å². The van der Waals surface area contributed by atoms with Crippen LogP contribution in [0, 0.1) is 0 Å². The first-order valence-electron chi connectivity index (χ1n) is 10.7. The number of carboxylic acids is 1. The minimum absolute atomic E-state index is 0.0224. The fourth-order valence-corrected chi connectivity index (χ4v) is 3.64. The van der Waals surface area contributed by atoms with Gasteiger partial charge in [0.1, 0.15) is 5.75 Å². The maximum Gasteiger partial charge on any atom is 0.349 e. The van der Waals surface area contributed by atoms with Crippen molar-refractivity contribution in [1.29, 1.82) is 0 Å². The molecule has 0 aromatic heterocycles. The lowest BCUT2D eigenvalue weighted by Gasteiger charge is -2.29. The summed E-state index contributed by atoms with van der Waals surface area (Å²) in [7, 11) is 0. The summed E-state index contributed by atoms with van der Waals surface area (Å²) >= 11 is 0. The summed E-state index contributed by atoms with van der Waals surface area (Å²) in [5, 5.41) is 10.0. The molecule has 1 N–H and O–H groups in total. The Kier molecular flexibility index (Phi) is 6.26. The third-order valence-corrected chi connectivity index (χ3v) is 5.45. The maximum atomic E-state index is 12.2. The molecule has 0 saturated carbocycles. The predicted octanol–water partition coefficient (Wildman–Crippen LogP) is 7.15. The van der Waals surface area contributed by atoms with Crippen LogP contribution in [-0.2, 0) is 15.6 Å². The predicted molar refractivity (Wildman–Crippen MR) is 127 cm³/mol. The van der Waals surface area contributed by atoms with Crippen molar-refractivity contribution in [3.05, 3.63) is 89.5 Å². The lowest BCUT2D eigenvalue weighted by molar-refractivity contribution is -0.145. The van der Waals surface area contributed by atoms with Gasteiger partial charge in [0.25, 0.3) is 0 Å². The summed E-state index contributed by atoms with van der Waals surface area (Å²) in [6.07, 6.45) is -1.08. The summed E-state index contributed by atoms with van der Waals surface area (Å²) in [5.41, 5.74) is 4.79. The van der Waals surface area contributed by atoms with E-state index in [1.54, 1.807) is 0 Å². The summed E-state index contributed by atoms with van der Waals surface area (Å²) in [6, 6.07) is 23.7. The highest BCUT2D eigenvalue weighted by atomic mass is 16.5. The maximum absolute atomic E-state index is 12.2. The number of carboxylic acid groups (broad SMARTS) is 1. The van der Waals surface area contributed by atoms with Gasteiger partial charge in [0.15, 0.2) is 0 Å². The highest BCUT2D eigenvalue weighted by molar-refractivity contribution is 5.76. The number of carbonyl (C=O) groups is 1. The van der Waals surface area contributed by atoms with E-state index < -0.39 is 12.1 Å². The smallest absolute Gasteiger partial charge is 0.349 e. The molecule has 0 saturated heterocycles. The van der Waals surface area contributed by atoms with E-state index in [1.165, 1.54) is 5.56 Å². The summed E-state index contributed by atoms with van der Waals surface area (Å²) in [5.74, 6) is -0.465. The zero-order chi connectivity index (χ0) is 22.8. The van der Waals surface area contributed by atoms with Crippen LogP contribution in [0.15, 0.2) is 72.8 Å². The van der Waals surface area contributed by atoms with Gasteiger partial charge in [-0.15, -0.1) is 0 Å². The van der Waals surface area contributed by atoms with Crippen molar-refractivity contribution in [2.45, 2.75) is 58.5 Å². The van der Waals surface area contributed by atoms with Gasteiger partial charge in [-0.2, -0.15) is 0 Å². The molecule has 3 heteroatoms. The van der Waals surface area contributed by atoms with Crippen LogP contribution in [0.25, 0.3) is 11.1 Å². The van der Waals surface area contributed by atoms with Gasteiger partial charge in [-0.3, -0.25) is 0 Å². The van der Waals surface area contributed by atoms with Gasteiger partial charge in [0.2, 0.25) is 6.10 Å². The average Bonchev–Trinajstić information content (AvgIpc) is 2.71. The quantitative estimate of drug-likeness (QED) is 0.480. The van der Waals surface area contributed by atoms with Crippen molar-refractivity contribution in [3.8, 4) is 16.9 Å². The number of hydrogen-bond donors (Lipinski definition) is 1. The van der Waals surface area contributed by atoms with Crippen LogP contribution in [0.3, 0.4) is 0 Å². The molecule has 0 fully saturated rings. The minimum Gasteiger partial charge on any atom is -0.478 e. The number of aliphatic carboxylic acids is 1. The van der Waals surface area contributed by atoms with Gasteiger partial charge < -0.3 is 9.84 Å². The van der Waals surface area contributed by atoms with Crippen molar-refractivity contribution in [2.75, 3.05) is 0 Å². The molecule has 3 aromatic carbocycles. The lowest BCUT2D eigenvalue weighted by Crippen LogP contribution is -2.25. The first-order valence-corrected chi connectivity index (χ1v) is 10.7. The fraction of sp³-hybridized carbons (Fsp3) is 0.321. The van der Waals surface area contributed by atoms with E-state index in [2.05, 4.69) is 47.6 Å². The zero-order valence-corrected chi connectivity index (χ0v) is 19.3. The van der Waals surface area contributed by atoms with Crippen LogP contribution in [0.4, 0.5) is 0 Å². The van der Waals surface area contributed by atoms with Crippen LogP contribution in [0.5, 0.6) is 5.75 Å². The number of rotatable bonds is 5. The molecule has 31 heavy (non-hydrogen) atoms. The third kappa shape index (κ3) is 5.35. The van der Waals surface area contributed by atoms with Gasteiger partial charge >= 0.3 is 5.97 Å². The van der Waals surface area contributed by atoms with Crippen LogP contribution in [-0.4, -0.2) is 11.1 Å². The van der Waals surface area contributed by atoms with E-state index in [0.29, 0.717) is 11.3 Å². The molecule has 0 heterocycles. The van der Waals surface area contributed by atoms with Gasteiger partial charge in [-0.1, -0.05) is 102 Å². The zero-order valence-electron chi connectivity index (χ0n) is 19.3. The molecule has 162 valence electrons. The topological polar surface area (TPSA) is 46.5 Å².